The molecule has 0 bridgehead atoms. The smallest absolute Gasteiger partial charge is 0.333 e. The summed E-state index contributed by atoms with van der Waals surface area (Å²) in [6.07, 6.45) is 20.3. The first-order valence-corrected chi connectivity index (χ1v) is 13.2. The summed E-state index contributed by atoms with van der Waals surface area (Å²) in [7, 11) is 0. The molecule has 0 aliphatic rings. The molecule has 188 valence electrons. The molecule has 1 rings (SSSR count). The summed E-state index contributed by atoms with van der Waals surface area (Å²) >= 11 is 0. The van der Waals surface area contributed by atoms with Crippen LogP contribution in [0.1, 0.15) is 115 Å². The molecule has 0 radical (unpaired) electrons. The zero-order chi connectivity index (χ0) is 24.2. The Morgan fingerprint density at radius 2 is 1.24 bits per heavy atom. The lowest BCUT2D eigenvalue weighted by Gasteiger charge is -2.21. The first-order valence-electron chi connectivity index (χ1n) is 13.2. The summed E-state index contributed by atoms with van der Waals surface area (Å²) in [5, 5.41) is 10.5. The normalized spacial score (nSPS) is 10.8. The molecule has 0 fully saturated rings. The Bertz CT molecular complexity index is 634. The third-order valence-electron chi connectivity index (χ3n) is 6.09. The molecule has 0 atom stereocenters. The maximum absolute atomic E-state index is 12.2. The number of benzene rings is 1. The number of unbranched alkanes of at least 4 members (excludes halogenated alkanes) is 14. The van der Waals surface area contributed by atoms with Gasteiger partial charge in [-0.1, -0.05) is 109 Å². The van der Waals surface area contributed by atoms with E-state index in [1.807, 2.05) is 0 Å². The first-order chi connectivity index (χ1) is 16.0. The van der Waals surface area contributed by atoms with Crippen molar-refractivity contribution in [2.24, 2.45) is 5.73 Å². The molecule has 6 nitrogen and oxygen atoms in total. The van der Waals surface area contributed by atoms with Crippen LogP contribution in [0.2, 0.25) is 0 Å². The van der Waals surface area contributed by atoms with Gasteiger partial charge in [-0.05, 0) is 30.5 Å². The number of nitrogens with two attached hydrogens (primary N) is 1. The van der Waals surface area contributed by atoms with E-state index in [1.165, 1.54) is 82.1 Å². The van der Waals surface area contributed by atoms with Gasteiger partial charge in [-0.15, -0.1) is 0 Å². The highest BCUT2D eigenvalue weighted by Crippen LogP contribution is 2.14. The molecular formula is C27H47N3O3. The molecule has 0 spiro atoms. The summed E-state index contributed by atoms with van der Waals surface area (Å²) in [5.41, 5.74) is 8.96. The number of primary amides is 1. The summed E-state index contributed by atoms with van der Waals surface area (Å²) in [4.78, 5) is 23.8. The molecule has 0 saturated carbocycles. The zero-order valence-corrected chi connectivity index (χ0v) is 20.8. The highest BCUT2D eigenvalue weighted by Gasteiger charge is 2.13. The number of nitrogens with zero attached hydrogens (tertiary/aromatic N) is 1. The third-order valence-corrected chi connectivity index (χ3v) is 6.09. The Labute approximate surface area is 201 Å². The number of urea groups is 1. The van der Waals surface area contributed by atoms with Crippen LogP contribution in [-0.4, -0.2) is 28.6 Å². The number of hydrazine groups is 1. The maximum atomic E-state index is 12.2. The zero-order valence-electron chi connectivity index (χ0n) is 20.8. The Morgan fingerprint density at radius 3 is 1.70 bits per heavy atom. The standard InChI is InChI=1S/C27H47N3O3/c1-2-3-4-5-6-7-8-9-10-11-12-13-14-15-16-17-26(32)29-30(27(28)33)23-22-24-18-20-25(31)21-19-24/h18-21,31H,2-17,22-23H2,1H3,(H2,28,33)(H,29,32). The van der Waals surface area contributed by atoms with E-state index in [1.54, 1.807) is 24.3 Å². The average Bonchev–Trinajstić information content (AvgIpc) is 2.80. The monoisotopic (exact) mass is 461 g/mol. The summed E-state index contributed by atoms with van der Waals surface area (Å²) in [5.74, 6) is 0.0245. The van der Waals surface area contributed by atoms with Crippen LogP contribution in [0.5, 0.6) is 5.75 Å². The van der Waals surface area contributed by atoms with Crippen molar-refractivity contribution in [1.29, 1.82) is 0 Å². The van der Waals surface area contributed by atoms with Gasteiger partial charge in [-0.2, -0.15) is 0 Å². The molecule has 0 aromatic heterocycles. The van der Waals surface area contributed by atoms with Crippen LogP contribution < -0.4 is 11.2 Å². The summed E-state index contributed by atoms with van der Waals surface area (Å²) in [6, 6.07) is 6.09. The number of hydrogen-bond donors (Lipinski definition) is 3. The molecule has 33 heavy (non-hydrogen) atoms. The van der Waals surface area contributed by atoms with Gasteiger partial charge in [-0.25, -0.2) is 9.80 Å². The molecule has 0 heterocycles. The van der Waals surface area contributed by atoms with E-state index < -0.39 is 6.03 Å². The van der Waals surface area contributed by atoms with Crippen molar-refractivity contribution >= 4 is 11.9 Å². The Morgan fingerprint density at radius 1 is 0.788 bits per heavy atom. The number of amides is 3. The Balaban J connectivity index is 1.98. The number of aromatic hydroxyl groups is 1. The van der Waals surface area contributed by atoms with Gasteiger partial charge >= 0.3 is 6.03 Å². The van der Waals surface area contributed by atoms with Gasteiger partial charge in [0.25, 0.3) is 0 Å². The fourth-order valence-electron chi connectivity index (χ4n) is 3.99. The largest absolute Gasteiger partial charge is 0.508 e. The minimum absolute atomic E-state index is 0.172. The second-order valence-electron chi connectivity index (χ2n) is 9.14. The number of rotatable bonds is 19. The predicted molar refractivity (Wildman–Crippen MR) is 136 cm³/mol. The molecule has 6 heteroatoms. The van der Waals surface area contributed by atoms with Crippen LogP contribution in [0.15, 0.2) is 24.3 Å². The van der Waals surface area contributed by atoms with Crippen molar-refractivity contribution in [2.45, 2.75) is 116 Å². The quantitative estimate of drug-likeness (QED) is 0.160. The van der Waals surface area contributed by atoms with E-state index in [9.17, 15) is 14.7 Å². The SMILES string of the molecule is CCCCCCCCCCCCCCCCCC(=O)NN(CCc1ccc(O)cc1)C(N)=O. The first kappa shape index (κ1) is 28.8. The fraction of sp³-hybridized carbons (Fsp3) is 0.704. The number of phenolic OH excluding ortho intramolecular Hbond substituents is 1. The van der Waals surface area contributed by atoms with Gasteiger partial charge in [0.2, 0.25) is 5.91 Å². The van der Waals surface area contributed by atoms with E-state index >= 15 is 0 Å². The van der Waals surface area contributed by atoms with E-state index in [4.69, 9.17) is 5.73 Å². The number of nitrogens with one attached hydrogen (secondary N) is 1. The van der Waals surface area contributed by atoms with Crippen molar-refractivity contribution in [3.8, 4) is 5.75 Å². The second kappa shape index (κ2) is 19.2. The van der Waals surface area contributed by atoms with Gasteiger partial charge in [0.05, 0.1) is 0 Å². The fourth-order valence-corrected chi connectivity index (χ4v) is 3.99. The summed E-state index contributed by atoms with van der Waals surface area (Å²) < 4.78 is 0. The van der Waals surface area contributed by atoms with E-state index in [2.05, 4.69) is 12.3 Å². The molecule has 3 amide bonds. The molecule has 0 unspecified atom stereocenters. The molecular weight excluding hydrogens is 414 g/mol. The second-order valence-corrected chi connectivity index (χ2v) is 9.14. The van der Waals surface area contributed by atoms with Crippen LogP contribution in [-0.2, 0) is 11.2 Å². The van der Waals surface area contributed by atoms with E-state index in [0.29, 0.717) is 19.4 Å². The van der Waals surface area contributed by atoms with Crippen molar-refractivity contribution in [1.82, 2.24) is 10.4 Å². The topological polar surface area (TPSA) is 95.7 Å². The Hall–Kier alpha value is -2.24. The molecule has 1 aromatic carbocycles. The minimum Gasteiger partial charge on any atom is -0.508 e. The van der Waals surface area contributed by atoms with Crippen LogP contribution in [0.4, 0.5) is 4.79 Å². The van der Waals surface area contributed by atoms with Crippen LogP contribution in [0, 0.1) is 0 Å². The number of phenols is 1. The number of carbonyl (C=O) groups excluding carboxylic acids is 2. The lowest BCUT2D eigenvalue weighted by atomic mass is 10.0. The van der Waals surface area contributed by atoms with Crippen LogP contribution >= 0.6 is 0 Å². The van der Waals surface area contributed by atoms with Crippen LogP contribution in [0.3, 0.4) is 0 Å². The maximum Gasteiger partial charge on any atom is 0.333 e. The summed E-state index contributed by atoms with van der Waals surface area (Å²) in [6.45, 7) is 2.56. The molecule has 0 aliphatic heterocycles. The lowest BCUT2D eigenvalue weighted by molar-refractivity contribution is -0.124. The van der Waals surface area contributed by atoms with E-state index in [-0.39, 0.29) is 11.7 Å². The molecule has 1 aromatic rings. The van der Waals surface area contributed by atoms with Crippen molar-refractivity contribution in [2.75, 3.05) is 6.54 Å². The highest BCUT2D eigenvalue weighted by atomic mass is 16.3. The van der Waals surface area contributed by atoms with Crippen molar-refractivity contribution < 1.29 is 14.7 Å². The van der Waals surface area contributed by atoms with Gasteiger partial charge < -0.3 is 10.8 Å². The average molecular weight is 462 g/mol. The van der Waals surface area contributed by atoms with E-state index in [0.717, 1.165) is 24.8 Å². The molecule has 0 aliphatic carbocycles. The van der Waals surface area contributed by atoms with Gasteiger partial charge in [0.1, 0.15) is 5.75 Å². The van der Waals surface area contributed by atoms with Crippen molar-refractivity contribution in [3.05, 3.63) is 29.8 Å². The van der Waals surface area contributed by atoms with Gasteiger partial charge in [0, 0.05) is 13.0 Å². The van der Waals surface area contributed by atoms with Crippen molar-refractivity contribution in [3.63, 3.8) is 0 Å². The van der Waals surface area contributed by atoms with Gasteiger partial charge in [-0.3, -0.25) is 10.2 Å². The number of hydrogen-bond acceptors (Lipinski definition) is 3. The van der Waals surface area contributed by atoms with Gasteiger partial charge in [0.15, 0.2) is 0 Å². The lowest BCUT2D eigenvalue weighted by Crippen LogP contribution is -2.49. The minimum atomic E-state index is -0.668. The Kier molecular flexibility index (Phi) is 16.8. The molecule has 4 N–H and O–H groups in total. The molecule has 0 saturated heterocycles. The number of carbonyl (C=O) groups is 2. The predicted octanol–water partition coefficient (Wildman–Crippen LogP) is 6.61. The van der Waals surface area contributed by atoms with Crippen LogP contribution in [0.25, 0.3) is 0 Å². The highest BCUT2D eigenvalue weighted by molar-refractivity contribution is 5.80. The third kappa shape index (κ3) is 16.1.